The van der Waals surface area contributed by atoms with Gasteiger partial charge in [-0.1, -0.05) is 18.2 Å². The molecule has 18 heavy (non-hydrogen) atoms. The van der Waals surface area contributed by atoms with E-state index in [0.717, 1.165) is 25.7 Å². The second kappa shape index (κ2) is 3.95. The molecule has 0 aromatic carbocycles. The average Bonchev–Trinajstić information content (AvgIpc) is 2.90. The predicted molar refractivity (Wildman–Crippen MR) is 68.0 cm³/mol. The van der Waals surface area contributed by atoms with Crippen LogP contribution in [0.2, 0.25) is 0 Å². The lowest BCUT2D eigenvalue weighted by molar-refractivity contribution is -0.140. The minimum Gasteiger partial charge on any atom is -0.455 e. The molecular weight excluding hydrogens is 228 g/mol. The summed E-state index contributed by atoms with van der Waals surface area (Å²) in [5.74, 6) is -0.102. The second-order valence-corrected chi connectivity index (χ2v) is 5.98. The van der Waals surface area contributed by atoms with Gasteiger partial charge in [0.2, 0.25) is 0 Å². The van der Waals surface area contributed by atoms with Crippen molar-refractivity contribution in [3.8, 4) is 0 Å². The summed E-state index contributed by atoms with van der Waals surface area (Å²) in [5, 5.41) is 0. The third-order valence-corrected chi connectivity index (χ3v) is 4.57. The number of esters is 1. The lowest BCUT2D eigenvalue weighted by atomic mass is 9.84. The number of allylic oxidation sites excluding steroid dienone is 2. The molecular formula is C15H20O3. The van der Waals surface area contributed by atoms with E-state index in [1.54, 1.807) is 0 Å². The van der Waals surface area contributed by atoms with Gasteiger partial charge in [0.25, 0.3) is 0 Å². The molecule has 4 atom stereocenters. The van der Waals surface area contributed by atoms with Crippen LogP contribution in [-0.2, 0) is 14.3 Å². The van der Waals surface area contributed by atoms with Gasteiger partial charge in [0.15, 0.2) is 0 Å². The fraction of sp³-hybridized carbons (Fsp3) is 0.667. The van der Waals surface area contributed by atoms with Crippen molar-refractivity contribution in [1.29, 1.82) is 0 Å². The number of carbonyl (C=O) groups is 1. The van der Waals surface area contributed by atoms with Crippen molar-refractivity contribution >= 4 is 5.97 Å². The van der Waals surface area contributed by atoms with Gasteiger partial charge in [-0.3, -0.25) is 0 Å². The minimum absolute atomic E-state index is 0.0671. The highest BCUT2D eigenvalue weighted by Crippen LogP contribution is 2.49. The Hall–Kier alpha value is -1.09. The van der Waals surface area contributed by atoms with Crippen molar-refractivity contribution in [2.75, 3.05) is 0 Å². The van der Waals surface area contributed by atoms with Crippen LogP contribution in [0, 0.1) is 5.92 Å². The van der Waals surface area contributed by atoms with Crippen molar-refractivity contribution in [1.82, 2.24) is 0 Å². The van der Waals surface area contributed by atoms with Crippen molar-refractivity contribution in [3.63, 3.8) is 0 Å². The van der Waals surface area contributed by atoms with E-state index in [-0.39, 0.29) is 29.7 Å². The molecule has 0 N–H and O–H groups in total. The first kappa shape index (κ1) is 12.0. The monoisotopic (exact) mass is 248 g/mol. The number of epoxide rings is 1. The van der Waals surface area contributed by atoms with Gasteiger partial charge in [-0.2, -0.15) is 0 Å². The summed E-state index contributed by atoms with van der Waals surface area (Å²) in [6.07, 6.45) is 6.25. The molecule has 1 aliphatic carbocycles. The van der Waals surface area contributed by atoms with E-state index in [2.05, 4.69) is 26.5 Å². The molecule has 3 rings (SSSR count). The maximum atomic E-state index is 11.7. The highest BCUT2D eigenvalue weighted by Gasteiger charge is 2.61. The number of ether oxygens (including phenoxy) is 2. The van der Waals surface area contributed by atoms with E-state index in [4.69, 9.17) is 9.47 Å². The lowest BCUT2D eigenvalue weighted by Crippen LogP contribution is -2.28. The molecule has 0 amide bonds. The summed E-state index contributed by atoms with van der Waals surface area (Å²) < 4.78 is 11.3. The topological polar surface area (TPSA) is 38.8 Å². The molecule has 0 spiro atoms. The first-order chi connectivity index (χ1) is 8.51. The van der Waals surface area contributed by atoms with Crippen molar-refractivity contribution in [2.45, 2.75) is 57.3 Å². The molecule has 0 aromatic heterocycles. The maximum Gasteiger partial charge on any atom is 0.334 e. The van der Waals surface area contributed by atoms with Gasteiger partial charge in [0, 0.05) is 11.5 Å². The van der Waals surface area contributed by atoms with Crippen molar-refractivity contribution < 1.29 is 14.3 Å². The molecule has 3 aliphatic rings. The van der Waals surface area contributed by atoms with Crippen LogP contribution in [-0.4, -0.2) is 23.8 Å². The molecule has 0 aromatic rings. The molecule has 0 unspecified atom stereocenters. The van der Waals surface area contributed by atoms with Crippen LogP contribution < -0.4 is 0 Å². The van der Waals surface area contributed by atoms with Crippen LogP contribution >= 0.6 is 0 Å². The van der Waals surface area contributed by atoms with Crippen LogP contribution in [0.5, 0.6) is 0 Å². The SMILES string of the molecule is C=C1C(=O)O[C@H]2[C@@H]1CC/C(C)=C/CC[C@@]1(C)O[C@H]21. The number of hydrogen-bond acceptors (Lipinski definition) is 3. The van der Waals surface area contributed by atoms with Gasteiger partial charge in [0.05, 0.1) is 5.60 Å². The molecule has 2 saturated heterocycles. The summed E-state index contributed by atoms with van der Waals surface area (Å²) >= 11 is 0. The molecule has 2 fully saturated rings. The van der Waals surface area contributed by atoms with Crippen LogP contribution in [0.3, 0.4) is 0 Å². The van der Waals surface area contributed by atoms with Crippen molar-refractivity contribution in [3.05, 3.63) is 23.8 Å². The fourth-order valence-electron chi connectivity index (χ4n) is 3.20. The van der Waals surface area contributed by atoms with Gasteiger partial charge in [0.1, 0.15) is 12.2 Å². The Morgan fingerprint density at radius 1 is 1.50 bits per heavy atom. The second-order valence-electron chi connectivity index (χ2n) is 5.98. The van der Waals surface area contributed by atoms with Crippen LogP contribution in [0.25, 0.3) is 0 Å². The van der Waals surface area contributed by atoms with Crippen LogP contribution in [0.15, 0.2) is 23.8 Å². The fourth-order valence-corrected chi connectivity index (χ4v) is 3.20. The maximum absolute atomic E-state index is 11.7. The van der Waals surface area contributed by atoms with Gasteiger partial charge < -0.3 is 9.47 Å². The summed E-state index contributed by atoms with van der Waals surface area (Å²) in [4.78, 5) is 11.7. The molecule has 2 heterocycles. The van der Waals surface area contributed by atoms with Crippen molar-refractivity contribution in [2.24, 2.45) is 5.92 Å². The Morgan fingerprint density at radius 3 is 3.06 bits per heavy atom. The summed E-state index contributed by atoms with van der Waals surface area (Å²) in [5.41, 5.74) is 1.91. The van der Waals surface area contributed by atoms with E-state index in [1.807, 2.05) is 0 Å². The third kappa shape index (κ3) is 1.81. The van der Waals surface area contributed by atoms with Gasteiger partial charge in [-0.05, 0) is 39.5 Å². The normalized spacial score (nSPS) is 46.6. The predicted octanol–water partition coefficient (Wildman–Crippen LogP) is 2.76. The molecule has 0 radical (unpaired) electrons. The van der Waals surface area contributed by atoms with E-state index in [1.165, 1.54) is 5.57 Å². The van der Waals surface area contributed by atoms with Crippen LogP contribution in [0.4, 0.5) is 0 Å². The first-order valence-electron chi connectivity index (χ1n) is 6.74. The Kier molecular flexibility index (Phi) is 2.63. The quantitative estimate of drug-likeness (QED) is 0.286. The number of hydrogen-bond donors (Lipinski definition) is 0. The van der Waals surface area contributed by atoms with E-state index in [0.29, 0.717) is 5.57 Å². The summed E-state index contributed by atoms with van der Waals surface area (Å²) in [6.45, 7) is 8.17. The number of fused-ring (bicyclic) bond motifs is 3. The van der Waals surface area contributed by atoms with Gasteiger partial charge in [-0.15, -0.1) is 0 Å². The Labute approximate surface area is 108 Å². The van der Waals surface area contributed by atoms with E-state index < -0.39 is 0 Å². The molecule has 98 valence electrons. The van der Waals surface area contributed by atoms with Crippen LogP contribution in [0.1, 0.15) is 39.5 Å². The zero-order chi connectivity index (χ0) is 12.9. The highest BCUT2D eigenvalue weighted by molar-refractivity contribution is 5.91. The summed E-state index contributed by atoms with van der Waals surface area (Å²) in [6, 6.07) is 0. The Balaban J connectivity index is 1.87. The standard InChI is InChI=1S/C15H20O3/c1-9-5-4-8-15(3)13(18-15)12-11(7-6-9)10(2)14(16)17-12/h5,11-13H,2,4,6-8H2,1,3H3/b9-5+/t11-,12+,13-,15-/m1/s1. The van der Waals surface area contributed by atoms with Gasteiger partial charge >= 0.3 is 5.97 Å². The lowest BCUT2D eigenvalue weighted by Gasteiger charge is -2.19. The number of rotatable bonds is 0. The zero-order valence-corrected chi connectivity index (χ0v) is 11.1. The Morgan fingerprint density at radius 2 is 2.28 bits per heavy atom. The minimum atomic E-state index is -0.233. The first-order valence-corrected chi connectivity index (χ1v) is 6.74. The zero-order valence-electron chi connectivity index (χ0n) is 11.1. The largest absolute Gasteiger partial charge is 0.455 e. The smallest absolute Gasteiger partial charge is 0.334 e. The highest BCUT2D eigenvalue weighted by atomic mass is 16.6. The number of carbonyl (C=O) groups excluding carboxylic acids is 1. The average molecular weight is 248 g/mol. The van der Waals surface area contributed by atoms with E-state index >= 15 is 0 Å². The molecule has 3 nitrogen and oxygen atoms in total. The van der Waals surface area contributed by atoms with E-state index in [9.17, 15) is 4.79 Å². The Bertz CT molecular complexity index is 437. The molecule has 3 heteroatoms. The van der Waals surface area contributed by atoms with Gasteiger partial charge in [-0.25, -0.2) is 4.79 Å². The third-order valence-electron chi connectivity index (χ3n) is 4.57. The molecule has 0 saturated carbocycles. The summed E-state index contributed by atoms with van der Waals surface area (Å²) in [7, 11) is 0. The molecule has 0 bridgehead atoms. The molecule has 2 aliphatic heterocycles.